The Balaban J connectivity index is 1.30. The number of para-hydroxylation sites is 5. The van der Waals surface area contributed by atoms with E-state index in [1.165, 1.54) is 10.8 Å². The topological polar surface area (TPSA) is 40.6 Å². The van der Waals surface area contributed by atoms with Crippen LogP contribution in [0, 0.1) is 0 Å². The molecule has 0 aliphatic rings. The summed E-state index contributed by atoms with van der Waals surface area (Å²) in [6.45, 7) is 0. The predicted molar refractivity (Wildman–Crippen MR) is 201 cm³/mol. The Morgan fingerprint density at radius 2 is 0.633 bits per heavy atom. The molecule has 0 bridgehead atoms. The van der Waals surface area contributed by atoms with Gasteiger partial charge in [-0.2, -0.15) is 0 Å². The highest BCUT2D eigenvalue weighted by Gasteiger charge is 2.25. The van der Waals surface area contributed by atoms with Gasteiger partial charge in [0.1, 0.15) is 0 Å². The summed E-state index contributed by atoms with van der Waals surface area (Å²) in [5.74, 6) is 1.60. The average Bonchev–Trinajstić information content (AvgIpc) is 3.86. The van der Waals surface area contributed by atoms with Crippen molar-refractivity contribution in [3.8, 4) is 39.8 Å². The Labute approximate surface area is 282 Å². The molecule has 0 saturated carbocycles. The molecule has 0 atom stereocenters. The fourth-order valence-electron chi connectivity index (χ4n) is 7.58. The number of fused-ring (bicyclic) bond motifs is 6. The van der Waals surface area contributed by atoms with Crippen molar-refractivity contribution in [1.82, 2.24) is 23.9 Å². The molecular formula is C44H29N5. The molecule has 230 valence electrons. The monoisotopic (exact) mass is 627 g/mol. The summed E-state index contributed by atoms with van der Waals surface area (Å²) in [5, 5.41) is 14.7. The minimum atomic E-state index is 0.798. The summed E-state index contributed by atoms with van der Waals surface area (Å²) in [7, 11) is 0. The molecule has 3 aromatic heterocycles. The second kappa shape index (κ2) is 10.9. The van der Waals surface area contributed by atoms with E-state index in [0.29, 0.717) is 0 Å². The van der Waals surface area contributed by atoms with Gasteiger partial charge in [-0.15, -0.1) is 10.2 Å². The maximum Gasteiger partial charge on any atom is 0.169 e. The second-order valence-electron chi connectivity index (χ2n) is 12.3. The van der Waals surface area contributed by atoms with E-state index in [0.717, 1.165) is 72.7 Å². The number of aromatic nitrogens is 5. The van der Waals surface area contributed by atoms with Gasteiger partial charge in [-0.05, 0) is 60.7 Å². The first-order valence-corrected chi connectivity index (χ1v) is 16.5. The van der Waals surface area contributed by atoms with Crippen molar-refractivity contribution in [1.29, 1.82) is 0 Å². The van der Waals surface area contributed by atoms with Gasteiger partial charge in [-0.1, -0.05) is 115 Å². The maximum atomic E-state index is 5.03. The van der Waals surface area contributed by atoms with Gasteiger partial charge >= 0.3 is 0 Å². The van der Waals surface area contributed by atoms with Crippen LogP contribution in [-0.2, 0) is 0 Å². The lowest BCUT2D eigenvalue weighted by Gasteiger charge is -2.13. The summed E-state index contributed by atoms with van der Waals surface area (Å²) in [6, 6.07) is 61.9. The smallest absolute Gasteiger partial charge is 0.169 e. The van der Waals surface area contributed by atoms with Gasteiger partial charge in [0.05, 0.1) is 22.1 Å². The van der Waals surface area contributed by atoms with E-state index in [4.69, 9.17) is 10.2 Å². The Morgan fingerprint density at radius 3 is 1.06 bits per heavy atom. The SMILES string of the molecule is c1ccc(-n2c(-c3cccc4c3c3ccccc3n4-c3ccccc3)nnc2-c2cccc3c2c2ccccc2n3-c2ccccc2)cc1. The van der Waals surface area contributed by atoms with Crippen molar-refractivity contribution >= 4 is 43.6 Å². The van der Waals surface area contributed by atoms with Crippen LogP contribution in [0.4, 0.5) is 0 Å². The van der Waals surface area contributed by atoms with Crippen molar-refractivity contribution in [3.63, 3.8) is 0 Å². The standard InChI is InChI=1S/C44H29N5/c1-4-16-30(17-5-1)47-37-26-12-10-22-33(37)41-35(24-14-28-39(41)47)43-45-46-44(49(43)32-20-8-3-9-21-32)36-25-15-29-40-42(36)34-23-11-13-27-38(34)48(40)31-18-6-2-7-19-31/h1-29H. The fraction of sp³-hybridized carbons (Fsp3) is 0. The molecule has 5 heteroatoms. The van der Waals surface area contributed by atoms with Gasteiger partial charge in [-0.3, -0.25) is 4.57 Å². The van der Waals surface area contributed by atoms with Crippen molar-refractivity contribution in [2.45, 2.75) is 0 Å². The van der Waals surface area contributed by atoms with E-state index >= 15 is 0 Å². The molecule has 0 N–H and O–H groups in total. The van der Waals surface area contributed by atoms with E-state index in [2.05, 4.69) is 190 Å². The lowest BCUT2D eigenvalue weighted by molar-refractivity contribution is 1.08. The van der Waals surface area contributed by atoms with Crippen LogP contribution in [0.3, 0.4) is 0 Å². The zero-order chi connectivity index (χ0) is 32.3. The minimum absolute atomic E-state index is 0.798. The highest BCUT2D eigenvalue weighted by Crippen LogP contribution is 2.42. The molecule has 5 nitrogen and oxygen atoms in total. The molecule has 10 rings (SSSR count). The second-order valence-corrected chi connectivity index (χ2v) is 12.3. The number of hydrogen-bond acceptors (Lipinski definition) is 2. The summed E-state index contributed by atoms with van der Waals surface area (Å²) in [5.41, 5.74) is 9.88. The molecule has 0 amide bonds. The number of hydrogen-bond donors (Lipinski definition) is 0. The maximum absolute atomic E-state index is 5.03. The van der Waals surface area contributed by atoms with Gasteiger partial charge in [-0.25, -0.2) is 0 Å². The van der Waals surface area contributed by atoms with E-state index in [1.807, 2.05) is 0 Å². The third-order valence-electron chi connectivity index (χ3n) is 9.58. The molecule has 7 aromatic carbocycles. The number of nitrogens with zero attached hydrogens (tertiary/aromatic N) is 5. The molecule has 49 heavy (non-hydrogen) atoms. The Bertz CT molecular complexity index is 2630. The van der Waals surface area contributed by atoms with Crippen LogP contribution in [0.25, 0.3) is 83.4 Å². The van der Waals surface area contributed by atoms with Crippen LogP contribution < -0.4 is 0 Å². The van der Waals surface area contributed by atoms with Crippen LogP contribution in [0.1, 0.15) is 0 Å². The van der Waals surface area contributed by atoms with Crippen LogP contribution >= 0.6 is 0 Å². The van der Waals surface area contributed by atoms with Gasteiger partial charge in [0.15, 0.2) is 11.6 Å². The summed E-state index contributed by atoms with van der Waals surface area (Å²) < 4.78 is 6.92. The summed E-state index contributed by atoms with van der Waals surface area (Å²) >= 11 is 0. The summed E-state index contributed by atoms with van der Waals surface area (Å²) in [6.07, 6.45) is 0. The van der Waals surface area contributed by atoms with Crippen LogP contribution in [-0.4, -0.2) is 23.9 Å². The predicted octanol–water partition coefficient (Wildman–Crippen LogP) is 10.8. The highest BCUT2D eigenvalue weighted by atomic mass is 15.3. The van der Waals surface area contributed by atoms with Crippen LogP contribution in [0.15, 0.2) is 176 Å². The normalized spacial score (nSPS) is 11.7. The quantitative estimate of drug-likeness (QED) is 0.190. The molecular weight excluding hydrogens is 599 g/mol. The first kappa shape index (κ1) is 27.4. The molecule has 0 aliphatic carbocycles. The van der Waals surface area contributed by atoms with Crippen molar-refractivity contribution in [2.75, 3.05) is 0 Å². The van der Waals surface area contributed by atoms with E-state index in [1.54, 1.807) is 0 Å². The molecule has 0 aliphatic heterocycles. The minimum Gasteiger partial charge on any atom is -0.309 e. The first-order valence-electron chi connectivity index (χ1n) is 16.5. The molecule has 0 radical (unpaired) electrons. The van der Waals surface area contributed by atoms with Gasteiger partial charge in [0.25, 0.3) is 0 Å². The zero-order valence-corrected chi connectivity index (χ0v) is 26.5. The van der Waals surface area contributed by atoms with Gasteiger partial charge in [0.2, 0.25) is 0 Å². The van der Waals surface area contributed by atoms with Gasteiger partial charge in [0, 0.05) is 49.7 Å². The van der Waals surface area contributed by atoms with Gasteiger partial charge < -0.3 is 9.13 Å². The third-order valence-corrected chi connectivity index (χ3v) is 9.58. The van der Waals surface area contributed by atoms with E-state index in [9.17, 15) is 0 Å². The first-order chi connectivity index (χ1) is 24.4. The fourth-order valence-corrected chi connectivity index (χ4v) is 7.58. The number of rotatable bonds is 5. The molecule has 0 unspecified atom stereocenters. The zero-order valence-electron chi connectivity index (χ0n) is 26.5. The Kier molecular flexibility index (Phi) is 6.11. The van der Waals surface area contributed by atoms with Crippen molar-refractivity contribution in [3.05, 3.63) is 176 Å². The van der Waals surface area contributed by atoms with Crippen LogP contribution in [0.5, 0.6) is 0 Å². The Morgan fingerprint density at radius 1 is 0.286 bits per heavy atom. The highest BCUT2D eigenvalue weighted by molar-refractivity contribution is 6.17. The van der Waals surface area contributed by atoms with Crippen molar-refractivity contribution < 1.29 is 0 Å². The van der Waals surface area contributed by atoms with E-state index in [-0.39, 0.29) is 0 Å². The summed E-state index contributed by atoms with van der Waals surface area (Å²) in [4.78, 5) is 0. The molecule has 0 saturated heterocycles. The van der Waals surface area contributed by atoms with Crippen molar-refractivity contribution in [2.24, 2.45) is 0 Å². The molecule has 10 aromatic rings. The lowest BCUT2D eigenvalue weighted by atomic mass is 10.0. The molecule has 0 fully saturated rings. The lowest BCUT2D eigenvalue weighted by Crippen LogP contribution is -2.01. The average molecular weight is 628 g/mol. The van der Waals surface area contributed by atoms with E-state index < -0.39 is 0 Å². The molecule has 3 heterocycles. The largest absolute Gasteiger partial charge is 0.309 e. The number of benzene rings is 7. The molecule has 0 spiro atoms. The van der Waals surface area contributed by atoms with Crippen LogP contribution in [0.2, 0.25) is 0 Å². The third kappa shape index (κ3) is 4.12. The Hall–Kier alpha value is -6.72.